The smallest absolute Gasteiger partial charge is 0.145 e. The number of nitrogens with zero attached hydrogens (tertiary/aromatic N) is 3. The zero-order valence-electron chi connectivity index (χ0n) is 15.9. The lowest BCUT2D eigenvalue weighted by atomic mass is 9.89. The number of benzene rings is 2. The fourth-order valence-corrected chi connectivity index (χ4v) is 4.46. The van der Waals surface area contributed by atoms with E-state index >= 15 is 4.39 Å². The van der Waals surface area contributed by atoms with Gasteiger partial charge in [0.25, 0.3) is 0 Å². The topological polar surface area (TPSA) is 38.7 Å². The number of aromatic nitrogens is 3. The predicted molar refractivity (Wildman–Crippen MR) is 116 cm³/mol. The lowest BCUT2D eigenvalue weighted by Gasteiger charge is -2.17. The molecule has 0 atom stereocenters. The molecule has 5 aromatic rings. The van der Waals surface area contributed by atoms with Gasteiger partial charge in [0, 0.05) is 40.0 Å². The van der Waals surface area contributed by atoms with Crippen molar-refractivity contribution in [1.29, 1.82) is 0 Å². The molecular formula is C24H15F2N3S. The minimum atomic E-state index is -0.326. The van der Waals surface area contributed by atoms with Crippen LogP contribution >= 0.6 is 11.5 Å². The highest BCUT2D eigenvalue weighted by atomic mass is 32.1. The van der Waals surface area contributed by atoms with Crippen LogP contribution in [-0.2, 0) is 0 Å². The normalized spacial score (nSPS) is 11.2. The van der Waals surface area contributed by atoms with Crippen molar-refractivity contribution < 1.29 is 8.78 Å². The number of halogens is 2. The van der Waals surface area contributed by atoms with Gasteiger partial charge in [0.15, 0.2) is 0 Å². The number of hydrogen-bond acceptors (Lipinski definition) is 4. The minimum Gasteiger partial charge on any atom is -0.265 e. The lowest BCUT2D eigenvalue weighted by molar-refractivity contribution is 0.628. The Hall–Kier alpha value is -3.51. The van der Waals surface area contributed by atoms with Crippen molar-refractivity contribution in [2.45, 2.75) is 6.92 Å². The number of pyridine rings is 2. The molecule has 0 spiro atoms. The number of fused-ring (bicyclic) bond motifs is 1. The van der Waals surface area contributed by atoms with Gasteiger partial charge in [0.2, 0.25) is 0 Å². The van der Waals surface area contributed by atoms with Gasteiger partial charge >= 0.3 is 0 Å². The largest absolute Gasteiger partial charge is 0.265 e. The Morgan fingerprint density at radius 3 is 2.27 bits per heavy atom. The van der Waals surface area contributed by atoms with E-state index in [0.717, 1.165) is 33.3 Å². The van der Waals surface area contributed by atoms with Crippen molar-refractivity contribution in [2.24, 2.45) is 0 Å². The minimum absolute atomic E-state index is 0.323. The third kappa shape index (κ3) is 3.06. The third-order valence-electron chi connectivity index (χ3n) is 5.02. The Morgan fingerprint density at radius 2 is 1.53 bits per heavy atom. The maximum atomic E-state index is 15.0. The SMILES string of the molecule is Cc1nsc2nc(-c3ccc(F)cc3)c(-c3ccncc3)c(-c3ccccc3F)c12. The molecule has 0 aliphatic rings. The molecule has 5 rings (SSSR count). The van der Waals surface area contributed by atoms with Gasteiger partial charge in [-0.05, 0) is 66.5 Å². The molecule has 0 saturated heterocycles. The van der Waals surface area contributed by atoms with Crippen molar-refractivity contribution in [1.82, 2.24) is 14.3 Å². The van der Waals surface area contributed by atoms with Crippen LogP contribution in [0.1, 0.15) is 5.69 Å². The first-order valence-corrected chi connectivity index (χ1v) is 10.1. The summed E-state index contributed by atoms with van der Waals surface area (Å²) in [7, 11) is 0. The highest BCUT2D eigenvalue weighted by Gasteiger charge is 2.23. The van der Waals surface area contributed by atoms with Crippen LogP contribution in [0.25, 0.3) is 43.7 Å². The third-order valence-corrected chi connectivity index (χ3v) is 5.86. The van der Waals surface area contributed by atoms with Gasteiger partial charge in [-0.1, -0.05) is 18.2 Å². The van der Waals surface area contributed by atoms with E-state index in [1.54, 1.807) is 36.7 Å². The fourth-order valence-electron chi connectivity index (χ4n) is 3.67. The Morgan fingerprint density at radius 1 is 0.800 bits per heavy atom. The standard InChI is InChI=1S/C24H15F2N3S/c1-14-20-22(18-4-2-3-5-19(18)26)21(15-10-12-27-13-11-15)23(28-24(20)30-29-14)16-6-8-17(25)9-7-16/h2-13H,1H3. The second-order valence-corrected chi connectivity index (χ2v) is 7.63. The molecule has 30 heavy (non-hydrogen) atoms. The molecular weight excluding hydrogens is 400 g/mol. The van der Waals surface area contributed by atoms with Gasteiger partial charge in [0.05, 0.1) is 11.4 Å². The van der Waals surface area contributed by atoms with E-state index in [-0.39, 0.29) is 11.6 Å². The molecule has 3 aromatic heterocycles. The summed E-state index contributed by atoms with van der Waals surface area (Å²) in [6.07, 6.45) is 3.38. The molecule has 2 aromatic carbocycles. The maximum absolute atomic E-state index is 15.0. The summed E-state index contributed by atoms with van der Waals surface area (Å²) in [5, 5.41) is 0.822. The molecule has 0 unspecified atom stereocenters. The van der Waals surface area contributed by atoms with Crippen molar-refractivity contribution >= 4 is 21.7 Å². The lowest BCUT2D eigenvalue weighted by Crippen LogP contribution is -1.97. The van der Waals surface area contributed by atoms with Crippen LogP contribution < -0.4 is 0 Å². The van der Waals surface area contributed by atoms with Gasteiger partial charge in [-0.3, -0.25) is 4.98 Å². The van der Waals surface area contributed by atoms with E-state index in [2.05, 4.69) is 9.36 Å². The maximum Gasteiger partial charge on any atom is 0.145 e. The van der Waals surface area contributed by atoms with Gasteiger partial charge in [-0.25, -0.2) is 13.8 Å². The summed E-state index contributed by atoms with van der Waals surface area (Å²) in [5.41, 5.74) is 5.01. The molecule has 0 amide bonds. The quantitative estimate of drug-likeness (QED) is 0.330. The van der Waals surface area contributed by atoms with Crippen LogP contribution in [0.2, 0.25) is 0 Å². The average Bonchev–Trinajstić information content (AvgIpc) is 3.15. The monoisotopic (exact) mass is 415 g/mol. The first-order valence-electron chi connectivity index (χ1n) is 9.34. The van der Waals surface area contributed by atoms with Gasteiger partial charge in [-0.2, -0.15) is 4.37 Å². The summed E-state index contributed by atoms with van der Waals surface area (Å²) >= 11 is 1.27. The van der Waals surface area contributed by atoms with Crippen LogP contribution in [0.5, 0.6) is 0 Å². The Labute approximate surface area is 175 Å². The summed E-state index contributed by atoms with van der Waals surface area (Å²) in [6.45, 7) is 1.90. The molecule has 0 aliphatic carbocycles. The molecule has 0 aliphatic heterocycles. The second kappa shape index (κ2) is 7.39. The Kier molecular flexibility index (Phi) is 4.56. The second-order valence-electron chi connectivity index (χ2n) is 6.88. The van der Waals surface area contributed by atoms with Gasteiger partial charge in [-0.15, -0.1) is 0 Å². The van der Waals surface area contributed by atoms with Crippen molar-refractivity contribution in [2.75, 3.05) is 0 Å². The molecule has 0 saturated carbocycles. The van der Waals surface area contributed by atoms with Crippen molar-refractivity contribution in [3.8, 4) is 33.5 Å². The molecule has 0 N–H and O–H groups in total. The van der Waals surface area contributed by atoms with Gasteiger partial charge in [0.1, 0.15) is 16.5 Å². The predicted octanol–water partition coefficient (Wildman–Crippen LogP) is 6.67. The van der Waals surface area contributed by atoms with Crippen LogP contribution in [0.4, 0.5) is 8.78 Å². The molecule has 0 bridgehead atoms. The van der Waals surface area contributed by atoms with E-state index < -0.39 is 0 Å². The zero-order chi connectivity index (χ0) is 20.7. The fraction of sp³-hybridized carbons (Fsp3) is 0.0417. The summed E-state index contributed by atoms with van der Waals surface area (Å²) < 4.78 is 33.1. The molecule has 6 heteroatoms. The number of aryl methyl sites for hydroxylation is 1. The first kappa shape index (κ1) is 18.5. The first-order chi connectivity index (χ1) is 14.6. The Balaban J connectivity index is 1.98. The van der Waals surface area contributed by atoms with Crippen molar-refractivity contribution in [3.63, 3.8) is 0 Å². The van der Waals surface area contributed by atoms with E-state index in [1.165, 1.54) is 29.7 Å². The van der Waals surface area contributed by atoms with Crippen LogP contribution in [-0.4, -0.2) is 14.3 Å². The molecule has 3 heterocycles. The average molecular weight is 415 g/mol. The van der Waals surface area contributed by atoms with Crippen LogP contribution in [0.15, 0.2) is 73.1 Å². The van der Waals surface area contributed by atoms with Gasteiger partial charge < -0.3 is 0 Å². The number of rotatable bonds is 3. The molecule has 0 fully saturated rings. The van der Waals surface area contributed by atoms with Crippen LogP contribution in [0.3, 0.4) is 0 Å². The summed E-state index contributed by atoms with van der Waals surface area (Å²) in [4.78, 5) is 9.71. The molecule has 0 radical (unpaired) electrons. The van der Waals surface area contributed by atoms with E-state index in [9.17, 15) is 4.39 Å². The van der Waals surface area contributed by atoms with Crippen LogP contribution in [0, 0.1) is 18.6 Å². The van der Waals surface area contributed by atoms with E-state index in [4.69, 9.17) is 4.98 Å². The van der Waals surface area contributed by atoms with E-state index in [1.807, 2.05) is 25.1 Å². The Bertz CT molecular complexity index is 1360. The van der Waals surface area contributed by atoms with E-state index in [0.29, 0.717) is 16.1 Å². The molecule has 3 nitrogen and oxygen atoms in total. The highest BCUT2D eigenvalue weighted by Crippen LogP contribution is 2.45. The van der Waals surface area contributed by atoms with Crippen molar-refractivity contribution in [3.05, 3.63) is 90.4 Å². The zero-order valence-corrected chi connectivity index (χ0v) is 16.8. The molecule has 146 valence electrons. The summed E-state index contributed by atoms with van der Waals surface area (Å²) in [6, 6.07) is 16.6. The summed E-state index contributed by atoms with van der Waals surface area (Å²) in [5.74, 6) is -0.649. The highest BCUT2D eigenvalue weighted by molar-refractivity contribution is 7.13. The number of hydrogen-bond donors (Lipinski definition) is 0.